The van der Waals surface area contributed by atoms with Gasteiger partial charge in [0, 0.05) is 12.6 Å². The molecule has 0 amide bonds. The fraction of sp³-hybridized carbons (Fsp3) is 0.286. The molecule has 11 heteroatoms. The van der Waals surface area contributed by atoms with Gasteiger partial charge in [0.1, 0.15) is 22.8 Å². The molecule has 170 valence electrons. The monoisotopic (exact) mass is 470 g/mol. The maximum atomic E-state index is 13.5. The molecule has 0 spiro atoms. The van der Waals surface area contributed by atoms with E-state index in [-0.39, 0.29) is 12.3 Å². The smallest absolute Gasteiger partial charge is 0.283 e. The zero-order valence-corrected chi connectivity index (χ0v) is 18.1. The molecule has 0 bridgehead atoms. The summed E-state index contributed by atoms with van der Waals surface area (Å²) in [5, 5.41) is 6.94. The van der Waals surface area contributed by atoms with Crippen LogP contribution in [0.4, 0.5) is 17.6 Å². The zero-order valence-electron chi connectivity index (χ0n) is 17.3. The predicted octanol–water partition coefficient (Wildman–Crippen LogP) is 5.41. The van der Waals surface area contributed by atoms with Crippen LogP contribution >= 0.6 is 11.6 Å². The number of carbonyl (C=O) groups is 1. The van der Waals surface area contributed by atoms with Crippen molar-refractivity contribution in [3.8, 4) is 5.75 Å². The summed E-state index contributed by atoms with van der Waals surface area (Å²) in [6, 6.07) is 6.48. The summed E-state index contributed by atoms with van der Waals surface area (Å²) in [5.74, 6) is 0.0621. The van der Waals surface area contributed by atoms with Crippen molar-refractivity contribution in [3.05, 3.63) is 69.3 Å². The van der Waals surface area contributed by atoms with Gasteiger partial charge in [-0.25, -0.2) is 17.6 Å². The number of hydrogen-bond donors (Lipinski definition) is 0. The van der Waals surface area contributed by atoms with E-state index in [0.29, 0.717) is 28.3 Å². The second-order valence-electron chi connectivity index (χ2n) is 6.91. The van der Waals surface area contributed by atoms with E-state index in [4.69, 9.17) is 16.3 Å². The van der Waals surface area contributed by atoms with Gasteiger partial charge >= 0.3 is 0 Å². The van der Waals surface area contributed by atoms with Crippen LogP contribution in [-0.4, -0.2) is 32.5 Å². The normalized spacial score (nSPS) is 11.8. The molecule has 2 aromatic heterocycles. The Kier molecular flexibility index (Phi) is 7.02. The largest absolute Gasteiger partial charge is 0.496 e. The lowest BCUT2D eigenvalue weighted by Gasteiger charge is -2.12. The minimum absolute atomic E-state index is 0.272. The van der Waals surface area contributed by atoms with Crippen molar-refractivity contribution >= 4 is 23.5 Å². The van der Waals surface area contributed by atoms with E-state index >= 15 is 0 Å². The zero-order chi connectivity index (χ0) is 23.6. The van der Waals surface area contributed by atoms with Crippen molar-refractivity contribution < 1.29 is 27.1 Å². The second-order valence-corrected chi connectivity index (χ2v) is 7.28. The molecule has 0 aliphatic carbocycles. The van der Waals surface area contributed by atoms with Crippen LogP contribution in [0, 0.1) is 6.92 Å². The second kappa shape index (κ2) is 9.56. The maximum absolute atomic E-state index is 13.5. The molecule has 0 fully saturated rings. The number of hydrogen-bond acceptors (Lipinski definition) is 4. The quantitative estimate of drug-likeness (QED) is 0.251. The van der Waals surface area contributed by atoms with Gasteiger partial charge in [-0.1, -0.05) is 23.7 Å². The third kappa shape index (κ3) is 4.85. The summed E-state index contributed by atoms with van der Waals surface area (Å²) in [6.07, 6.45) is -3.30. The van der Waals surface area contributed by atoms with Crippen LogP contribution in [0.3, 0.4) is 0 Å². The predicted molar refractivity (Wildman–Crippen MR) is 111 cm³/mol. The summed E-state index contributed by atoms with van der Waals surface area (Å²) in [5.41, 5.74) is 0.353. The summed E-state index contributed by atoms with van der Waals surface area (Å²) < 4.78 is 60.6. The van der Waals surface area contributed by atoms with E-state index in [9.17, 15) is 22.4 Å². The molecule has 0 aliphatic rings. The molecule has 3 rings (SSSR count). The Morgan fingerprint density at radius 2 is 1.91 bits per heavy atom. The number of methoxy groups -OCH3 is 1. The van der Waals surface area contributed by atoms with Gasteiger partial charge in [-0.15, -0.1) is 0 Å². The number of aryl methyl sites for hydroxylation is 2. The first-order valence-corrected chi connectivity index (χ1v) is 9.72. The summed E-state index contributed by atoms with van der Waals surface area (Å²) >= 11 is 5.72. The van der Waals surface area contributed by atoms with Gasteiger partial charge in [-0.3, -0.25) is 14.2 Å². The Morgan fingerprint density at radius 1 is 1.19 bits per heavy atom. The Balaban J connectivity index is 1.93. The number of alkyl halides is 4. The van der Waals surface area contributed by atoms with Crippen LogP contribution in [0.2, 0.25) is 5.02 Å². The third-order valence-electron chi connectivity index (χ3n) is 4.68. The molecular formula is C21H19ClF4N4O2. The number of halogens is 5. The Hall–Kier alpha value is -3.14. The molecule has 6 nitrogen and oxygen atoms in total. The molecule has 3 aromatic rings. The van der Waals surface area contributed by atoms with E-state index in [1.54, 1.807) is 44.3 Å². The topological polar surface area (TPSA) is 61.9 Å². The minimum atomic E-state index is -3.10. The molecular weight excluding hydrogens is 452 g/mol. The minimum Gasteiger partial charge on any atom is -0.496 e. The van der Waals surface area contributed by atoms with Gasteiger partial charge in [0.05, 0.1) is 24.4 Å². The van der Waals surface area contributed by atoms with Crippen molar-refractivity contribution in [2.24, 2.45) is 7.05 Å². The molecule has 2 heterocycles. The molecule has 0 N–H and O–H groups in total. The Morgan fingerprint density at radius 3 is 2.47 bits per heavy atom. The highest BCUT2D eigenvalue weighted by molar-refractivity contribution is 6.32. The van der Waals surface area contributed by atoms with Crippen molar-refractivity contribution in [1.29, 1.82) is 0 Å². The van der Waals surface area contributed by atoms with Gasteiger partial charge < -0.3 is 4.74 Å². The van der Waals surface area contributed by atoms with Crippen LogP contribution in [0.1, 0.15) is 51.5 Å². The number of benzene rings is 1. The Bertz CT molecular complexity index is 1170. The SMILES string of the molecule is COc1ccc(/C=C/C(=O)c2cc(C)nn2C)cc1Cn1nc(C(F)F)c(Cl)c1C(F)F. The molecule has 32 heavy (non-hydrogen) atoms. The van der Waals surface area contributed by atoms with E-state index < -0.39 is 29.3 Å². The molecule has 1 aromatic carbocycles. The number of ether oxygens (including phenoxy) is 1. The molecule has 0 unspecified atom stereocenters. The van der Waals surface area contributed by atoms with E-state index in [1.165, 1.54) is 17.9 Å². The lowest BCUT2D eigenvalue weighted by atomic mass is 10.1. The summed E-state index contributed by atoms with van der Waals surface area (Å²) in [4.78, 5) is 12.4. The van der Waals surface area contributed by atoms with Gasteiger partial charge in [0.25, 0.3) is 12.9 Å². The van der Waals surface area contributed by atoms with Crippen molar-refractivity contribution in [3.63, 3.8) is 0 Å². The van der Waals surface area contributed by atoms with Gasteiger partial charge in [-0.05, 0) is 36.8 Å². The highest BCUT2D eigenvalue weighted by Crippen LogP contribution is 2.35. The number of ketones is 1. The maximum Gasteiger partial charge on any atom is 0.283 e. The lowest BCUT2D eigenvalue weighted by molar-refractivity contribution is 0.103. The number of nitrogens with zero attached hydrogens (tertiary/aromatic N) is 4. The van der Waals surface area contributed by atoms with Crippen molar-refractivity contribution in [2.75, 3.05) is 7.11 Å². The summed E-state index contributed by atoms with van der Waals surface area (Å²) in [7, 11) is 3.04. The first-order chi connectivity index (χ1) is 15.1. The fourth-order valence-corrected chi connectivity index (χ4v) is 3.53. The lowest BCUT2D eigenvalue weighted by Crippen LogP contribution is -2.08. The van der Waals surface area contributed by atoms with Crippen molar-refractivity contribution in [1.82, 2.24) is 19.6 Å². The average molecular weight is 471 g/mol. The molecule has 0 atom stereocenters. The first kappa shape index (κ1) is 23.5. The van der Waals surface area contributed by atoms with Gasteiger partial charge in [0.15, 0.2) is 0 Å². The average Bonchev–Trinajstić information content (AvgIpc) is 3.24. The molecule has 0 aliphatic heterocycles. The number of allylic oxidation sites excluding steroid dienone is 1. The number of aromatic nitrogens is 4. The highest BCUT2D eigenvalue weighted by Gasteiger charge is 2.28. The van der Waals surface area contributed by atoms with Crippen LogP contribution in [0.25, 0.3) is 6.08 Å². The third-order valence-corrected chi connectivity index (χ3v) is 5.06. The fourth-order valence-electron chi connectivity index (χ4n) is 3.23. The standard InChI is InChI=1S/C21H19ClF4N4O2/c1-11-8-14(29(2)27-11)15(31)6-4-12-5-7-16(32-3)13(9-12)10-30-19(21(25)26)17(22)18(28-30)20(23)24/h4-9,20-21H,10H2,1-3H3/b6-4+. The highest BCUT2D eigenvalue weighted by atomic mass is 35.5. The van der Waals surface area contributed by atoms with Crippen LogP contribution in [-0.2, 0) is 13.6 Å². The van der Waals surface area contributed by atoms with Crippen LogP contribution in [0.5, 0.6) is 5.75 Å². The van der Waals surface area contributed by atoms with Crippen LogP contribution in [0.15, 0.2) is 30.3 Å². The first-order valence-electron chi connectivity index (χ1n) is 9.34. The van der Waals surface area contributed by atoms with Crippen molar-refractivity contribution in [2.45, 2.75) is 26.3 Å². The van der Waals surface area contributed by atoms with E-state index in [1.807, 2.05) is 0 Å². The Labute approximate surface area is 186 Å². The van der Waals surface area contributed by atoms with E-state index in [0.717, 1.165) is 4.68 Å². The van der Waals surface area contributed by atoms with Gasteiger partial charge in [-0.2, -0.15) is 10.2 Å². The summed E-state index contributed by atoms with van der Waals surface area (Å²) in [6.45, 7) is 1.48. The number of carbonyl (C=O) groups excluding carboxylic acids is 1. The van der Waals surface area contributed by atoms with E-state index in [2.05, 4.69) is 10.2 Å². The molecule has 0 saturated carbocycles. The number of rotatable bonds is 8. The van der Waals surface area contributed by atoms with Crippen LogP contribution < -0.4 is 4.74 Å². The van der Waals surface area contributed by atoms with Gasteiger partial charge in [0.2, 0.25) is 5.78 Å². The molecule has 0 saturated heterocycles. The molecule has 0 radical (unpaired) electrons.